The van der Waals surface area contributed by atoms with Gasteiger partial charge in [0.1, 0.15) is 0 Å². The van der Waals surface area contributed by atoms with Crippen LogP contribution in [-0.2, 0) is 19.6 Å². The van der Waals surface area contributed by atoms with Crippen molar-refractivity contribution >= 4 is 21.9 Å². The number of carbonyl (C=O) groups is 2. The molecule has 0 unspecified atom stereocenters. The maximum Gasteiger partial charge on any atom is 0.339 e. The molecular formula is C24H39N3O5S. The minimum absolute atomic E-state index is 0.0257. The van der Waals surface area contributed by atoms with Gasteiger partial charge in [-0.15, -0.1) is 0 Å². The summed E-state index contributed by atoms with van der Waals surface area (Å²) >= 11 is 0. The van der Waals surface area contributed by atoms with E-state index in [9.17, 15) is 18.0 Å². The van der Waals surface area contributed by atoms with Crippen molar-refractivity contribution in [2.45, 2.75) is 45.4 Å². The number of amides is 1. The van der Waals surface area contributed by atoms with Gasteiger partial charge in [0.15, 0.2) is 0 Å². The van der Waals surface area contributed by atoms with Crippen LogP contribution in [0, 0.1) is 11.8 Å². The van der Waals surface area contributed by atoms with Crippen LogP contribution in [0.3, 0.4) is 0 Å². The van der Waals surface area contributed by atoms with Gasteiger partial charge in [0, 0.05) is 38.6 Å². The lowest BCUT2D eigenvalue weighted by molar-refractivity contribution is -0.137. The third-order valence-electron chi connectivity index (χ3n) is 6.19. The molecule has 0 N–H and O–H groups in total. The highest BCUT2D eigenvalue weighted by atomic mass is 32.2. The summed E-state index contributed by atoms with van der Waals surface area (Å²) in [5.41, 5.74) is 0.0257. The van der Waals surface area contributed by atoms with E-state index in [1.54, 1.807) is 12.1 Å². The van der Waals surface area contributed by atoms with Crippen LogP contribution < -0.4 is 0 Å². The van der Waals surface area contributed by atoms with Gasteiger partial charge in [-0.3, -0.25) is 4.79 Å². The van der Waals surface area contributed by atoms with Crippen LogP contribution in [0.25, 0.3) is 0 Å². The van der Waals surface area contributed by atoms with Crippen molar-refractivity contribution in [1.82, 2.24) is 14.1 Å². The molecule has 0 spiro atoms. The molecule has 1 amide bonds. The van der Waals surface area contributed by atoms with E-state index in [0.717, 1.165) is 19.6 Å². The number of benzene rings is 1. The SMILES string of the molecule is CCN(CC)CCN(CC(C)C)C(=O)C1CCN(S(=O)(=O)c2ccccc2C(=O)OC)CC1. The Bertz CT molecular complexity index is 891. The summed E-state index contributed by atoms with van der Waals surface area (Å²) in [6, 6.07) is 6.08. The minimum Gasteiger partial charge on any atom is -0.465 e. The van der Waals surface area contributed by atoms with Crippen molar-refractivity contribution in [3.05, 3.63) is 29.8 Å². The Morgan fingerprint density at radius 2 is 1.70 bits per heavy atom. The van der Waals surface area contributed by atoms with Gasteiger partial charge in [-0.1, -0.05) is 39.8 Å². The van der Waals surface area contributed by atoms with Crippen LogP contribution in [0.15, 0.2) is 29.2 Å². The molecule has 0 aliphatic carbocycles. The molecule has 1 aromatic rings. The smallest absolute Gasteiger partial charge is 0.339 e. The molecule has 0 aromatic heterocycles. The van der Waals surface area contributed by atoms with Crippen molar-refractivity contribution in [1.29, 1.82) is 0 Å². The van der Waals surface area contributed by atoms with Crippen LogP contribution in [0.1, 0.15) is 50.9 Å². The number of esters is 1. The summed E-state index contributed by atoms with van der Waals surface area (Å²) in [5.74, 6) is -0.400. The Kier molecular flexibility index (Phi) is 10.3. The van der Waals surface area contributed by atoms with Crippen LogP contribution in [0.5, 0.6) is 0 Å². The molecule has 33 heavy (non-hydrogen) atoms. The lowest BCUT2D eigenvalue weighted by Gasteiger charge is -2.35. The number of piperidine rings is 1. The zero-order chi connectivity index (χ0) is 24.6. The van der Waals surface area contributed by atoms with Gasteiger partial charge < -0.3 is 14.5 Å². The van der Waals surface area contributed by atoms with Gasteiger partial charge in [-0.2, -0.15) is 4.31 Å². The van der Waals surface area contributed by atoms with Crippen LogP contribution in [0.2, 0.25) is 0 Å². The average molecular weight is 482 g/mol. The summed E-state index contributed by atoms with van der Waals surface area (Å²) in [7, 11) is -2.64. The largest absolute Gasteiger partial charge is 0.465 e. The van der Waals surface area contributed by atoms with E-state index in [1.807, 2.05) is 4.90 Å². The van der Waals surface area contributed by atoms with Gasteiger partial charge in [-0.05, 0) is 44.0 Å². The molecule has 1 saturated heterocycles. The normalized spacial score (nSPS) is 15.7. The molecule has 0 atom stereocenters. The highest BCUT2D eigenvalue weighted by Crippen LogP contribution is 2.27. The Morgan fingerprint density at radius 1 is 1.09 bits per heavy atom. The zero-order valence-corrected chi connectivity index (χ0v) is 21.4. The number of carbonyl (C=O) groups excluding carboxylic acids is 2. The molecule has 8 nitrogen and oxygen atoms in total. The van der Waals surface area contributed by atoms with E-state index in [2.05, 4.69) is 32.6 Å². The summed E-state index contributed by atoms with van der Waals surface area (Å²) < 4.78 is 32.6. The number of hydrogen-bond donors (Lipinski definition) is 0. The summed E-state index contributed by atoms with van der Waals surface area (Å²) in [6.07, 6.45) is 0.941. The highest BCUT2D eigenvalue weighted by Gasteiger charge is 2.35. The molecular weight excluding hydrogens is 442 g/mol. The lowest BCUT2D eigenvalue weighted by atomic mass is 9.96. The Balaban J connectivity index is 2.09. The molecule has 1 heterocycles. The van der Waals surface area contributed by atoms with Crippen LogP contribution in [-0.4, -0.2) is 87.3 Å². The standard InChI is InChI=1S/C24H39N3O5S/c1-6-25(7-2)16-17-26(18-19(3)4)23(28)20-12-14-27(15-13-20)33(30,31)22-11-9-8-10-21(22)24(29)32-5/h8-11,19-20H,6-7,12-18H2,1-5H3. The Labute approximate surface area is 198 Å². The van der Waals surface area contributed by atoms with Crippen LogP contribution >= 0.6 is 0 Å². The Morgan fingerprint density at radius 3 is 2.24 bits per heavy atom. The number of hydrogen-bond acceptors (Lipinski definition) is 6. The summed E-state index contributed by atoms with van der Waals surface area (Å²) in [4.78, 5) is 29.6. The second-order valence-corrected chi connectivity index (χ2v) is 10.8. The number of sulfonamides is 1. The highest BCUT2D eigenvalue weighted by molar-refractivity contribution is 7.89. The first-order valence-electron chi connectivity index (χ1n) is 11.8. The molecule has 0 saturated carbocycles. The van der Waals surface area contributed by atoms with Crippen molar-refractivity contribution < 1.29 is 22.7 Å². The molecule has 2 rings (SSSR count). The molecule has 0 bridgehead atoms. The number of likely N-dealkylation sites (N-methyl/N-ethyl adjacent to an activating group) is 1. The van der Waals surface area contributed by atoms with Crippen molar-refractivity contribution in [3.8, 4) is 0 Å². The first-order chi connectivity index (χ1) is 15.6. The number of nitrogens with zero attached hydrogens (tertiary/aromatic N) is 3. The van der Waals surface area contributed by atoms with Crippen LogP contribution in [0.4, 0.5) is 0 Å². The van der Waals surface area contributed by atoms with E-state index in [1.165, 1.54) is 23.5 Å². The molecule has 1 aliphatic rings. The third kappa shape index (κ3) is 7.01. The lowest BCUT2D eigenvalue weighted by Crippen LogP contribution is -2.47. The topological polar surface area (TPSA) is 87.2 Å². The van der Waals surface area contributed by atoms with E-state index in [4.69, 9.17) is 4.74 Å². The van der Waals surface area contributed by atoms with Gasteiger partial charge in [-0.25, -0.2) is 13.2 Å². The van der Waals surface area contributed by atoms with E-state index in [0.29, 0.717) is 31.8 Å². The minimum atomic E-state index is -3.86. The average Bonchev–Trinajstić information content (AvgIpc) is 2.82. The van der Waals surface area contributed by atoms with Gasteiger partial charge in [0.2, 0.25) is 15.9 Å². The fourth-order valence-electron chi connectivity index (χ4n) is 4.24. The first kappa shape index (κ1) is 27.3. The molecule has 9 heteroatoms. The molecule has 1 fully saturated rings. The van der Waals surface area contributed by atoms with Crippen molar-refractivity contribution in [3.63, 3.8) is 0 Å². The Hall–Kier alpha value is -1.97. The molecule has 1 aromatic carbocycles. The van der Waals surface area contributed by atoms with E-state index >= 15 is 0 Å². The number of ether oxygens (including phenoxy) is 1. The van der Waals surface area contributed by atoms with Crippen molar-refractivity contribution in [2.75, 3.05) is 52.9 Å². The fraction of sp³-hybridized carbons (Fsp3) is 0.667. The van der Waals surface area contributed by atoms with Gasteiger partial charge in [0.05, 0.1) is 17.6 Å². The van der Waals surface area contributed by atoms with Crippen molar-refractivity contribution in [2.24, 2.45) is 11.8 Å². The predicted octanol–water partition coefficient (Wildman–Crippen LogP) is 2.70. The summed E-state index contributed by atoms with van der Waals surface area (Å²) in [5, 5.41) is 0. The quantitative estimate of drug-likeness (QED) is 0.452. The molecule has 0 radical (unpaired) electrons. The van der Waals surface area contributed by atoms with E-state index in [-0.39, 0.29) is 35.4 Å². The maximum atomic E-state index is 13.3. The maximum absolute atomic E-state index is 13.3. The molecule has 1 aliphatic heterocycles. The van der Waals surface area contributed by atoms with E-state index < -0.39 is 16.0 Å². The van der Waals surface area contributed by atoms with Gasteiger partial charge >= 0.3 is 5.97 Å². The third-order valence-corrected chi connectivity index (χ3v) is 8.15. The first-order valence-corrected chi connectivity index (χ1v) is 13.3. The monoisotopic (exact) mass is 481 g/mol. The second-order valence-electron chi connectivity index (χ2n) is 8.87. The molecule has 186 valence electrons. The number of methoxy groups -OCH3 is 1. The predicted molar refractivity (Wildman–Crippen MR) is 128 cm³/mol. The van der Waals surface area contributed by atoms with Gasteiger partial charge in [0.25, 0.3) is 0 Å². The zero-order valence-electron chi connectivity index (χ0n) is 20.6. The second kappa shape index (κ2) is 12.5. The number of rotatable bonds is 11. The fourth-order valence-corrected chi connectivity index (χ4v) is 5.89. The summed E-state index contributed by atoms with van der Waals surface area (Å²) in [6.45, 7) is 13.1.